The molecule has 0 saturated carbocycles. The van der Waals surface area contributed by atoms with Crippen molar-refractivity contribution in [2.75, 3.05) is 40.9 Å². The number of rotatable bonds is 43. The standard InChI is InChI=1S/C47H93N2O6P/c1-6-8-10-12-14-16-18-19-20-21-22-23-24-25-26-27-28-29-31-33-35-37-39-41-47(51)48-45(44-55-56(52,53)54-43-42-49(3,4)5)46(50)40-38-36-34-32-30-17-15-13-11-9-7-2/h19-20,38,40,45-46,50H,6-18,21-37,39,41-44H2,1-5H3,(H-,48,51,52,53)/b20-19+,40-38+/t45-,46+/m0/s1. The van der Waals surface area contributed by atoms with Crippen LogP contribution in [-0.2, 0) is 18.4 Å². The molecule has 0 fully saturated rings. The summed E-state index contributed by atoms with van der Waals surface area (Å²) in [7, 11) is 1.26. The van der Waals surface area contributed by atoms with E-state index >= 15 is 0 Å². The van der Waals surface area contributed by atoms with Crippen LogP contribution in [0, 0.1) is 0 Å². The highest BCUT2D eigenvalue weighted by Gasteiger charge is 2.23. The van der Waals surface area contributed by atoms with Crippen LogP contribution in [0.1, 0.15) is 219 Å². The van der Waals surface area contributed by atoms with Gasteiger partial charge in [-0.25, -0.2) is 0 Å². The highest BCUT2D eigenvalue weighted by atomic mass is 31.2. The number of allylic oxidation sites excluding steroid dienone is 3. The van der Waals surface area contributed by atoms with Gasteiger partial charge in [-0.05, 0) is 44.9 Å². The van der Waals surface area contributed by atoms with Crippen LogP contribution in [0.2, 0.25) is 0 Å². The van der Waals surface area contributed by atoms with Gasteiger partial charge in [-0.15, -0.1) is 0 Å². The number of hydrogen-bond acceptors (Lipinski definition) is 6. The number of carbonyl (C=O) groups excluding carboxylic acids is 1. The van der Waals surface area contributed by atoms with Gasteiger partial charge >= 0.3 is 0 Å². The second kappa shape index (κ2) is 39.4. The average Bonchev–Trinajstić information content (AvgIpc) is 3.15. The van der Waals surface area contributed by atoms with Gasteiger partial charge in [-0.1, -0.05) is 192 Å². The smallest absolute Gasteiger partial charge is 0.268 e. The van der Waals surface area contributed by atoms with E-state index in [4.69, 9.17) is 9.05 Å². The van der Waals surface area contributed by atoms with Crippen LogP contribution in [0.5, 0.6) is 0 Å². The van der Waals surface area contributed by atoms with E-state index in [-0.39, 0.29) is 19.1 Å². The summed E-state index contributed by atoms with van der Waals surface area (Å²) in [5, 5.41) is 13.8. The Morgan fingerprint density at radius 2 is 0.982 bits per heavy atom. The summed E-state index contributed by atoms with van der Waals surface area (Å²) in [5.41, 5.74) is 0. The maximum atomic E-state index is 12.9. The van der Waals surface area contributed by atoms with Gasteiger partial charge in [0, 0.05) is 6.42 Å². The molecule has 0 aromatic heterocycles. The Kier molecular flexibility index (Phi) is 38.7. The fourth-order valence-corrected chi connectivity index (χ4v) is 7.58. The lowest BCUT2D eigenvalue weighted by molar-refractivity contribution is -0.870. The number of amides is 1. The second-order valence-corrected chi connectivity index (χ2v) is 18.9. The van der Waals surface area contributed by atoms with Gasteiger partial charge in [0.2, 0.25) is 5.91 Å². The number of phosphoric acid groups is 1. The summed E-state index contributed by atoms with van der Waals surface area (Å²) in [6.07, 6.45) is 46.6. The van der Waals surface area contributed by atoms with Crippen molar-refractivity contribution in [1.29, 1.82) is 0 Å². The molecule has 3 atom stereocenters. The first-order chi connectivity index (χ1) is 27.0. The molecule has 0 aromatic rings. The molecule has 0 heterocycles. The predicted molar refractivity (Wildman–Crippen MR) is 238 cm³/mol. The Labute approximate surface area is 347 Å². The van der Waals surface area contributed by atoms with E-state index in [0.29, 0.717) is 17.4 Å². The van der Waals surface area contributed by atoms with Crippen molar-refractivity contribution in [2.24, 2.45) is 0 Å². The zero-order valence-electron chi connectivity index (χ0n) is 37.6. The number of aliphatic hydroxyl groups excluding tert-OH is 1. The van der Waals surface area contributed by atoms with Gasteiger partial charge in [0.25, 0.3) is 7.82 Å². The number of carbonyl (C=O) groups is 1. The van der Waals surface area contributed by atoms with Crippen molar-refractivity contribution >= 4 is 13.7 Å². The molecule has 0 saturated heterocycles. The van der Waals surface area contributed by atoms with Gasteiger partial charge in [-0.2, -0.15) is 0 Å². The molecule has 0 rings (SSSR count). The molecule has 0 bridgehead atoms. The maximum absolute atomic E-state index is 12.9. The highest BCUT2D eigenvalue weighted by molar-refractivity contribution is 7.45. The largest absolute Gasteiger partial charge is 0.756 e. The molecule has 8 nitrogen and oxygen atoms in total. The van der Waals surface area contributed by atoms with E-state index in [2.05, 4.69) is 31.3 Å². The molecule has 0 aliphatic carbocycles. The quantitative estimate of drug-likeness (QED) is 0.0275. The third-order valence-electron chi connectivity index (χ3n) is 10.7. The fourth-order valence-electron chi connectivity index (χ4n) is 6.85. The van der Waals surface area contributed by atoms with E-state index < -0.39 is 20.0 Å². The number of nitrogens with one attached hydrogen (secondary N) is 1. The molecule has 56 heavy (non-hydrogen) atoms. The number of likely N-dealkylation sites (N-methyl/N-ethyl adjacent to an activating group) is 1. The monoisotopic (exact) mass is 813 g/mol. The normalized spacial score (nSPS) is 14.5. The van der Waals surface area contributed by atoms with Crippen LogP contribution >= 0.6 is 7.82 Å². The molecular weight excluding hydrogens is 719 g/mol. The van der Waals surface area contributed by atoms with Gasteiger partial charge < -0.3 is 28.8 Å². The van der Waals surface area contributed by atoms with E-state index in [1.165, 1.54) is 161 Å². The zero-order valence-corrected chi connectivity index (χ0v) is 38.5. The van der Waals surface area contributed by atoms with E-state index in [1.807, 2.05) is 27.2 Å². The summed E-state index contributed by atoms with van der Waals surface area (Å²) in [6, 6.07) is -0.882. The van der Waals surface area contributed by atoms with Crippen LogP contribution in [-0.4, -0.2) is 68.5 Å². The zero-order chi connectivity index (χ0) is 41.4. The second-order valence-electron chi connectivity index (χ2n) is 17.5. The first kappa shape index (κ1) is 55.0. The molecule has 2 N–H and O–H groups in total. The van der Waals surface area contributed by atoms with E-state index in [9.17, 15) is 19.4 Å². The van der Waals surface area contributed by atoms with Gasteiger partial charge in [0.05, 0.1) is 39.9 Å². The Morgan fingerprint density at radius 3 is 1.39 bits per heavy atom. The lowest BCUT2D eigenvalue weighted by Gasteiger charge is -2.29. The Morgan fingerprint density at radius 1 is 0.607 bits per heavy atom. The molecule has 1 unspecified atom stereocenters. The average molecular weight is 813 g/mol. The number of hydrogen-bond donors (Lipinski definition) is 2. The summed E-state index contributed by atoms with van der Waals surface area (Å²) >= 11 is 0. The van der Waals surface area contributed by atoms with Crippen LogP contribution in [0.25, 0.3) is 0 Å². The van der Waals surface area contributed by atoms with Crippen LogP contribution in [0.15, 0.2) is 24.3 Å². The molecule has 0 aliphatic rings. The van der Waals surface area contributed by atoms with Crippen LogP contribution in [0.4, 0.5) is 0 Å². The molecule has 9 heteroatoms. The summed E-state index contributed by atoms with van der Waals surface area (Å²) in [6.45, 7) is 4.64. The molecule has 0 aliphatic heterocycles. The first-order valence-corrected chi connectivity index (χ1v) is 25.2. The topological polar surface area (TPSA) is 108 Å². The maximum Gasteiger partial charge on any atom is 0.268 e. The number of nitrogens with zero attached hydrogens (tertiary/aromatic N) is 1. The van der Waals surface area contributed by atoms with Gasteiger partial charge in [0.1, 0.15) is 13.2 Å². The van der Waals surface area contributed by atoms with E-state index in [0.717, 1.165) is 38.5 Å². The van der Waals surface area contributed by atoms with Crippen molar-refractivity contribution < 1.29 is 32.9 Å². The van der Waals surface area contributed by atoms with Crippen molar-refractivity contribution in [3.05, 3.63) is 24.3 Å². The minimum atomic E-state index is -4.58. The Hall–Kier alpha value is -1.02. The van der Waals surface area contributed by atoms with Crippen LogP contribution < -0.4 is 10.2 Å². The van der Waals surface area contributed by atoms with Crippen molar-refractivity contribution in [3.63, 3.8) is 0 Å². The van der Waals surface area contributed by atoms with Crippen molar-refractivity contribution in [1.82, 2.24) is 5.32 Å². The number of quaternary nitrogens is 1. The van der Waals surface area contributed by atoms with E-state index in [1.54, 1.807) is 6.08 Å². The Balaban J connectivity index is 4.21. The Bertz CT molecular complexity index is 969. The minimum absolute atomic E-state index is 0.000353. The molecule has 0 radical (unpaired) electrons. The lowest BCUT2D eigenvalue weighted by Crippen LogP contribution is -2.45. The third kappa shape index (κ3) is 41.2. The van der Waals surface area contributed by atoms with Crippen LogP contribution in [0.3, 0.4) is 0 Å². The van der Waals surface area contributed by atoms with Gasteiger partial charge in [-0.3, -0.25) is 9.36 Å². The third-order valence-corrected chi connectivity index (χ3v) is 11.6. The summed E-state index contributed by atoms with van der Waals surface area (Å²) in [4.78, 5) is 25.3. The lowest BCUT2D eigenvalue weighted by atomic mass is 10.0. The minimum Gasteiger partial charge on any atom is -0.756 e. The SMILES string of the molecule is CCCCCCCC/C=C/CCCCCCCCCCCCCCCC(=O)N[C@@H](COP(=O)([O-])OCC[N+](C)(C)C)[C@H](O)/C=C/CCCCCCCCCCC. The molecular formula is C47H93N2O6P. The highest BCUT2D eigenvalue weighted by Crippen LogP contribution is 2.38. The predicted octanol–water partition coefficient (Wildman–Crippen LogP) is 12.7. The molecule has 0 spiro atoms. The summed E-state index contributed by atoms with van der Waals surface area (Å²) in [5.74, 6) is -0.198. The number of aliphatic hydroxyl groups is 1. The number of phosphoric ester groups is 1. The number of unbranched alkanes of at least 4 members (excludes halogenated alkanes) is 28. The fraction of sp³-hybridized carbons (Fsp3) is 0.894. The van der Waals surface area contributed by atoms with Gasteiger partial charge in [0.15, 0.2) is 0 Å². The molecule has 1 amide bonds. The van der Waals surface area contributed by atoms with Crippen molar-refractivity contribution in [2.45, 2.75) is 231 Å². The molecule has 332 valence electrons. The van der Waals surface area contributed by atoms with Crippen molar-refractivity contribution in [3.8, 4) is 0 Å². The molecule has 0 aromatic carbocycles. The first-order valence-electron chi connectivity index (χ1n) is 23.7. The summed E-state index contributed by atoms with van der Waals surface area (Å²) < 4.78 is 23.2.